The Hall–Kier alpha value is -6.57. The number of aliphatic hydroxyl groups excluding tert-OH is 1. The van der Waals surface area contributed by atoms with E-state index in [1.807, 2.05) is 77.7 Å². The molecular weight excluding hydrogens is 969 g/mol. The Morgan fingerprint density at radius 3 is 1.34 bits per heavy atom. The predicted octanol–water partition coefficient (Wildman–Crippen LogP) is 12.3. The predicted molar refractivity (Wildman–Crippen MR) is 300 cm³/mol. The summed E-state index contributed by atoms with van der Waals surface area (Å²) in [7, 11) is 0. The Bertz CT molecular complexity index is 2890. The highest BCUT2D eigenvalue weighted by Gasteiger charge is 2.47. The zero-order valence-electron chi connectivity index (χ0n) is 46.0. The summed E-state index contributed by atoms with van der Waals surface area (Å²) in [5.74, 6) is 3.27. The lowest BCUT2D eigenvalue weighted by Gasteiger charge is -2.35. The maximum absolute atomic E-state index is 13.5. The molecule has 4 saturated heterocycles. The third kappa shape index (κ3) is 12.4. The van der Waals surface area contributed by atoms with Crippen LogP contribution in [0.2, 0.25) is 0 Å². The largest absolute Gasteiger partial charge is 0.493 e. The maximum Gasteiger partial charge on any atom is 0.414 e. The Labute approximate surface area is 455 Å². The number of epoxide rings is 2. The van der Waals surface area contributed by atoms with Crippen LogP contribution in [0.25, 0.3) is 0 Å². The highest BCUT2D eigenvalue weighted by molar-refractivity contribution is 5.89. The van der Waals surface area contributed by atoms with E-state index in [2.05, 4.69) is 128 Å². The van der Waals surface area contributed by atoms with E-state index in [4.69, 9.17) is 37.9 Å². The van der Waals surface area contributed by atoms with Crippen LogP contribution in [0.15, 0.2) is 146 Å². The van der Waals surface area contributed by atoms with Gasteiger partial charge in [0.2, 0.25) is 6.41 Å². The molecule has 5 unspecified atom stereocenters. The van der Waals surface area contributed by atoms with Crippen molar-refractivity contribution in [1.29, 1.82) is 0 Å². The maximum atomic E-state index is 13.5. The molecule has 0 bridgehead atoms. The van der Waals surface area contributed by atoms with Crippen LogP contribution in [0.1, 0.15) is 102 Å². The van der Waals surface area contributed by atoms with Crippen molar-refractivity contribution >= 4 is 17.5 Å². The first-order valence-corrected chi connectivity index (χ1v) is 27.4. The van der Waals surface area contributed by atoms with Crippen LogP contribution in [0.5, 0.6) is 23.0 Å². The number of hydrogen-bond donors (Lipinski definition) is 1. The molecule has 6 aromatic carbocycles. The van der Waals surface area contributed by atoms with E-state index in [9.17, 15) is 9.90 Å². The van der Waals surface area contributed by atoms with Crippen molar-refractivity contribution in [3.63, 3.8) is 0 Å². The summed E-state index contributed by atoms with van der Waals surface area (Å²) in [4.78, 5) is 17.1. The van der Waals surface area contributed by atoms with Crippen LogP contribution in [-0.4, -0.2) is 94.8 Å². The van der Waals surface area contributed by atoms with Crippen LogP contribution in [0.4, 0.5) is 16.2 Å². The molecule has 12 heteroatoms. The SMILES string of the molecule is CCC(CC)(COc1ccc(C(C)(C)c2ccc(OCC3CO3)cc2)cc1)C1CN(c2ccc(Cc3ccc(N4CC(C(C)(C)COc5ccc(C(C)(C)c6ccc(OCC7CO7)cc6)cc5)OC4O)cc3)cc2)C(=O)O1. The van der Waals surface area contributed by atoms with Gasteiger partial charge in [-0.1, -0.05) is 128 Å². The second-order valence-electron chi connectivity index (χ2n) is 23.1. The van der Waals surface area contributed by atoms with Gasteiger partial charge in [-0.3, -0.25) is 4.90 Å². The van der Waals surface area contributed by atoms with Crippen molar-refractivity contribution < 1.29 is 47.8 Å². The summed E-state index contributed by atoms with van der Waals surface area (Å²) < 4.78 is 47.4. The van der Waals surface area contributed by atoms with E-state index >= 15 is 0 Å². The summed E-state index contributed by atoms with van der Waals surface area (Å²) in [6, 6.07) is 49.7. The number of carbonyl (C=O) groups is 1. The van der Waals surface area contributed by atoms with Crippen molar-refractivity contribution in [3.05, 3.63) is 179 Å². The van der Waals surface area contributed by atoms with E-state index in [1.165, 1.54) is 22.3 Å². The molecule has 77 heavy (non-hydrogen) atoms. The molecule has 5 atom stereocenters. The average molecular weight is 1050 g/mol. The zero-order chi connectivity index (χ0) is 54.0. The Morgan fingerprint density at radius 2 is 0.922 bits per heavy atom. The number of hydrogen-bond acceptors (Lipinski definition) is 11. The molecular formula is C65H76N2O10. The highest BCUT2D eigenvalue weighted by atomic mass is 16.6. The summed E-state index contributed by atoms with van der Waals surface area (Å²) in [6.07, 6.45) is 0.749. The number of carbonyl (C=O) groups excluding carboxylic acids is 1. The monoisotopic (exact) mass is 1040 g/mol. The summed E-state index contributed by atoms with van der Waals surface area (Å²) in [5.41, 5.74) is 7.51. The van der Waals surface area contributed by atoms with Gasteiger partial charge in [0.25, 0.3) is 0 Å². The van der Waals surface area contributed by atoms with Crippen LogP contribution >= 0.6 is 0 Å². The van der Waals surface area contributed by atoms with Gasteiger partial charge in [-0.05, 0) is 125 Å². The smallest absolute Gasteiger partial charge is 0.414 e. The number of anilines is 2. The fraction of sp³-hybridized carbons (Fsp3) is 0.431. The molecule has 0 aliphatic carbocycles. The van der Waals surface area contributed by atoms with Gasteiger partial charge in [-0.2, -0.15) is 0 Å². The minimum atomic E-state index is -1.07. The molecule has 0 spiro atoms. The van der Waals surface area contributed by atoms with Gasteiger partial charge in [0.1, 0.15) is 54.5 Å². The average Bonchev–Trinajstić information content (AvgIpc) is 4.42. The minimum Gasteiger partial charge on any atom is -0.493 e. The third-order valence-electron chi connectivity index (χ3n) is 16.7. The molecule has 0 aromatic heterocycles. The van der Waals surface area contributed by atoms with Gasteiger partial charge in [0, 0.05) is 39.6 Å². The van der Waals surface area contributed by atoms with Crippen LogP contribution in [0.3, 0.4) is 0 Å². The Morgan fingerprint density at radius 1 is 0.519 bits per heavy atom. The van der Waals surface area contributed by atoms with Gasteiger partial charge in [-0.15, -0.1) is 0 Å². The summed E-state index contributed by atoms with van der Waals surface area (Å²) in [6.45, 7) is 22.0. The number of rotatable bonds is 24. The van der Waals surface area contributed by atoms with Crippen molar-refractivity contribution in [3.8, 4) is 23.0 Å². The molecule has 4 aliphatic heterocycles. The normalized spacial score (nSPS) is 20.5. The summed E-state index contributed by atoms with van der Waals surface area (Å²) >= 11 is 0. The number of cyclic esters (lactones) is 1. The second-order valence-corrected chi connectivity index (χ2v) is 23.1. The topological polar surface area (TPSA) is 124 Å². The summed E-state index contributed by atoms with van der Waals surface area (Å²) in [5, 5.41) is 11.1. The molecule has 4 heterocycles. The van der Waals surface area contributed by atoms with E-state index in [-0.39, 0.29) is 46.8 Å². The zero-order valence-corrected chi connectivity index (χ0v) is 46.0. The van der Waals surface area contributed by atoms with Crippen molar-refractivity contribution in [2.75, 3.05) is 62.5 Å². The number of aliphatic hydroxyl groups is 1. The molecule has 1 amide bonds. The number of ether oxygens (including phenoxy) is 8. The molecule has 0 radical (unpaired) electrons. The van der Waals surface area contributed by atoms with Gasteiger partial charge in [-0.25, -0.2) is 4.79 Å². The van der Waals surface area contributed by atoms with Crippen molar-refractivity contribution in [1.82, 2.24) is 0 Å². The molecule has 10 rings (SSSR count). The van der Waals surface area contributed by atoms with Crippen molar-refractivity contribution in [2.45, 2.75) is 116 Å². The minimum absolute atomic E-state index is 0.211. The van der Waals surface area contributed by atoms with Gasteiger partial charge < -0.3 is 47.9 Å². The van der Waals surface area contributed by atoms with Crippen molar-refractivity contribution in [2.24, 2.45) is 10.8 Å². The van der Waals surface area contributed by atoms with Crippen LogP contribution in [0, 0.1) is 10.8 Å². The fourth-order valence-electron chi connectivity index (χ4n) is 10.5. The van der Waals surface area contributed by atoms with Crippen LogP contribution < -0.4 is 28.7 Å². The first kappa shape index (κ1) is 53.8. The van der Waals surface area contributed by atoms with E-state index < -0.39 is 11.8 Å². The highest BCUT2D eigenvalue weighted by Crippen LogP contribution is 2.41. The standard InChI is InChI=1S/C65H76N2O10/c1-9-65(10-2,43-75-55-33-21-49(22-34-55)64(7,8)47-17-29-53(30-18-47)71-39-57-41-73-57)59-37-67(61(69)77-59)51-25-13-45(14-26-51)35-44-11-23-50(24-12-44)66-36-58(76-60(66)68)62(3,4)42-74-54-31-19-48(20-32-54)63(5,6)46-15-27-52(28-16-46)70-38-56-40-72-56/h11-34,56-60,68H,9-10,35-43H2,1-8H3. The van der Waals surface area contributed by atoms with E-state index in [1.54, 1.807) is 4.90 Å². The first-order valence-electron chi connectivity index (χ1n) is 27.4. The lowest BCUT2D eigenvalue weighted by atomic mass is 9.77. The van der Waals surface area contributed by atoms with E-state index in [0.29, 0.717) is 45.9 Å². The third-order valence-corrected chi connectivity index (χ3v) is 16.7. The number of amides is 1. The first-order chi connectivity index (χ1) is 37.0. The number of benzene rings is 6. The lowest BCUT2D eigenvalue weighted by molar-refractivity contribution is -0.123. The molecule has 1 N–H and O–H groups in total. The van der Waals surface area contributed by atoms with Gasteiger partial charge in [0.05, 0.1) is 39.1 Å². The molecule has 6 aromatic rings. The van der Waals surface area contributed by atoms with Gasteiger partial charge in [0.15, 0.2) is 0 Å². The number of nitrogens with zero attached hydrogens (tertiary/aromatic N) is 2. The van der Waals surface area contributed by atoms with E-state index in [0.717, 1.165) is 71.6 Å². The van der Waals surface area contributed by atoms with Crippen LogP contribution in [-0.2, 0) is 36.2 Å². The molecule has 4 aliphatic rings. The molecule has 406 valence electrons. The fourth-order valence-corrected chi connectivity index (χ4v) is 10.5. The molecule has 12 nitrogen and oxygen atoms in total. The quantitative estimate of drug-likeness (QED) is 0.0583. The Kier molecular flexibility index (Phi) is 15.7. The molecule has 0 saturated carbocycles. The van der Waals surface area contributed by atoms with Gasteiger partial charge >= 0.3 is 6.09 Å². The lowest BCUT2D eigenvalue weighted by Crippen LogP contribution is -2.42. The molecule has 4 fully saturated rings. The second kappa shape index (κ2) is 22.4. The Balaban J connectivity index is 0.686.